The maximum atomic E-state index is 11.8. The molecular weight excluding hydrogens is 256 g/mol. The van der Waals surface area contributed by atoms with Gasteiger partial charge in [-0.15, -0.1) is 0 Å². The summed E-state index contributed by atoms with van der Waals surface area (Å²) in [4.78, 5) is 11.8. The Balaban J connectivity index is 1.73. The maximum absolute atomic E-state index is 11.8. The molecule has 0 heterocycles. The third-order valence-corrected chi connectivity index (χ3v) is 8.80. The molecule has 0 saturated heterocycles. The van der Waals surface area contributed by atoms with Crippen LogP contribution in [0, 0.1) is 33.5 Å². The van der Waals surface area contributed by atoms with Gasteiger partial charge in [0, 0.05) is 5.41 Å². The molecule has 1 heteroatoms. The highest BCUT2D eigenvalue weighted by atomic mass is 16.1. The molecule has 1 nitrogen and oxygen atoms in total. The molecule has 4 aliphatic rings. The monoisotopic (exact) mass is 288 g/mol. The van der Waals surface area contributed by atoms with E-state index in [0.717, 1.165) is 12.3 Å². The van der Waals surface area contributed by atoms with E-state index < -0.39 is 0 Å². The van der Waals surface area contributed by atoms with Gasteiger partial charge in [-0.25, -0.2) is 0 Å². The van der Waals surface area contributed by atoms with E-state index in [0.29, 0.717) is 22.2 Å². The van der Waals surface area contributed by atoms with Crippen molar-refractivity contribution in [3.05, 3.63) is 0 Å². The van der Waals surface area contributed by atoms with E-state index in [1.54, 1.807) is 0 Å². The molecule has 4 fully saturated rings. The number of carbonyl (C=O) groups excluding carboxylic acids is 1. The molecule has 118 valence electrons. The van der Waals surface area contributed by atoms with Crippen molar-refractivity contribution in [1.29, 1.82) is 0 Å². The summed E-state index contributed by atoms with van der Waals surface area (Å²) in [5.41, 5.74) is 1.72. The molecular formula is C20H32O. The molecule has 0 amide bonds. The van der Waals surface area contributed by atoms with Gasteiger partial charge in [0.25, 0.3) is 0 Å². The van der Waals surface area contributed by atoms with E-state index in [-0.39, 0.29) is 5.41 Å². The molecule has 0 aliphatic heterocycles. The first kappa shape index (κ1) is 14.3. The van der Waals surface area contributed by atoms with Crippen LogP contribution in [0.3, 0.4) is 0 Å². The van der Waals surface area contributed by atoms with E-state index in [9.17, 15) is 4.79 Å². The summed E-state index contributed by atoms with van der Waals surface area (Å²) in [5, 5.41) is 0. The van der Waals surface area contributed by atoms with Gasteiger partial charge in [0.1, 0.15) is 6.29 Å². The van der Waals surface area contributed by atoms with Crippen molar-refractivity contribution in [3.8, 4) is 0 Å². The van der Waals surface area contributed by atoms with Gasteiger partial charge in [0.2, 0.25) is 0 Å². The molecule has 0 N–H and O–H groups in total. The summed E-state index contributed by atoms with van der Waals surface area (Å²) in [5.74, 6) is 1.55. The minimum Gasteiger partial charge on any atom is -0.303 e. The Labute approximate surface area is 130 Å². The van der Waals surface area contributed by atoms with Crippen LogP contribution in [-0.2, 0) is 4.79 Å². The van der Waals surface area contributed by atoms with Crippen LogP contribution in [0.4, 0.5) is 0 Å². The second-order valence-corrected chi connectivity index (χ2v) is 10.0. The smallest absolute Gasteiger partial charge is 0.126 e. The van der Waals surface area contributed by atoms with Crippen molar-refractivity contribution in [1.82, 2.24) is 0 Å². The fourth-order valence-corrected chi connectivity index (χ4v) is 7.91. The number of aldehydes is 1. The van der Waals surface area contributed by atoms with Gasteiger partial charge in [-0.2, -0.15) is 0 Å². The molecule has 4 rings (SSSR count). The topological polar surface area (TPSA) is 17.1 Å². The van der Waals surface area contributed by atoms with Crippen LogP contribution in [0.2, 0.25) is 0 Å². The Bertz CT molecular complexity index is 470. The zero-order valence-corrected chi connectivity index (χ0v) is 14.2. The largest absolute Gasteiger partial charge is 0.303 e. The summed E-state index contributed by atoms with van der Waals surface area (Å²) < 4.78 is 0. The third-order valence-electron chi connectivity index (χ3n) is 8.80. The van der Waals surface area contributed by atoms with Crippen LogP contribution in [0.15, 0.2) is 0 Å². The number of fused-ring (bicyclic) bond motifs is 3. The lowest BCUT2D eigenvalue weighted by Crippen LogP contribution is -2.57. The van der Waals surface area contributed by atoms with Gasteiger partial charge in [0.15, 0.2) is 0 Å². The SMILES string of the molecule is C[C@@]12CCC3[C@@](CCC4[C@@]3(C)CCC[C@@]4(C)C=O)(CC1)C2. The molecule has 0 aromatic heterocycles. The number of hydrogen-bond donors (Lipinski definition) is 0. The van der Waals surface area contributed by atoms with Gasteiger partial charge in [0.05, 0.1) is 0 Å². The first-order chi connectivity index (χ1) is 9.86. The summed E-state index contributed by atoms with van der Waals surface area (Å²) in [6, 6.07) is 0. The van der Waals surface area contributed by atoms with Gasteiger partial charge in [-0.05, 0) is 85.9 Å². The quantitative estimate of drug-likeness (QED) is 0.592. The summed E-state index contributed by atoms with van der Waals surface area (Å²) >= 11 is 0. The van der Waals surface area contributed by atoms with Gasteiger partial charge in [-0.3, -0.25) is 0 Å². The van der Waals surface area contributed by atoms with E-state index >= 15 is 0 Å². The van der Waals surface area contributed by atoms with Crippen LogP contribution in [0.5, 0.6) is 0 Å². The molecule has 0 aromatic carbocycles. The van der Waals surface area contributed by atoms with E-state index in [1.807, 2.05) is 0 Å². The maximum Gasteiger partial charge on any atom is 0.126 e. The van der Waals surface area contributed by atoms with Crippen molar-refractivity contribution in [2.24, 2.45) is 33.5 Å². The molecule has 0 aromatic rings. The van der Waals surface area contributed by atoms with Crippen LogP contribution >= 0.6 is 0 Å². The first-order valence-corrected chi connectivity index (χ1v) is 9.32. The fourth-order valence-electron chi connectivity index (χ4n) is 7.91. The molecule has 21 heavy (non-hydrogen) atoms. The zero-order valence-electron chi connectivity index (χ0n) is 14.2. The van der Waals surface area contributed by atoms with Crippen LogP contribution in [0.25, 0.3) is 0 Å². The lowest BCUT2D eigenvalue weighted by Gasteiger charge is -2.64. The third kappa shape index (κ3) is 1.72. The summed E-state index contributed by atoms with van der Waals surface area (Å²) in [6.45, 7) is 7.38. The lowest BCUT2D eigenvalue weighted by atomic mass is 9.40. The second-order valence-electron chi connectivity index (χ2n) is 10.0. The summed E-state index contributed by atoms with van der Waals surface area (Å²) in [7, 11) is 0. The van der Waals surface area contributed by atoms with Crippen LogP contribution in [0.1, 0.15) is 85.0 Å². The van der Waals surface area contributed by atoms with Gasteiger partial charge < -0.3 is 4.79 Å². The van der Waals surface area contributed by atoms with Crippen molar-refractivity contribution < 1.29 is 4.79 Å². The van der Waals surface area contributed by atoms with Crippen LogP contribution in [-0.4, -0.2) is 6.29 Å². The minimum atomic E-state index is -0.0338. The Morgan fingerprint density at radius 1 is 0.857 bits per heavy atom. The molecule has 2 unspecified atom stereocenters. The summed E-state index contributed by atoms with van der Waals surface area (Å²) in [6.07, 6.45) is 15.2. The fraction of sp³-hybridized carbons (Fsp3) is 0.950. The molecule has 1 spiro atoms. The normalized spacial score (nSPS) is 59.2. The number of rotatable bonds is 1. The van der Waals surface area contributed by atoms with E-state index in [4.69, 9.17) is 0 Å². The van der Waals surface area contributed by atoms with Crippen molar-refractivity contribution >= 4 is 6.29 Å². The molecule has 2 bridgehead atoms. The highest BCUT2D eigenvalue weighted by molar-refractivity contribution is 5.60. The average molecular weight is 288 g/mol. The Morgan fingerprint density at radius 3 is 2.38 bits per heavy atom. The predicted octanol–water partition coefficient (Wildman–Crippen LogP) is 5.38. The Kier molecular flexibility index (Phi) is 2.82. The highest BCUT2D eigenvalue weighted by Crippen LogP contribution is 2.73. The predicted molar refractivity (Wildman–Crippen MR) is 86.0 cm³/mol. The average Bonchev–Trinajstić information content (AvgIpc) is 2.69. The van der Waals surface area contributed by atoms with Crippen molar-refractivity contribution in [3.63, 3.8) is 0 Å². The number of hydrogen-bond acceptors (Lipinski definition) is 1. The van der Waals surface area contributed by atoms with Crippen LogP contribution < -0.4 is 0 Å². The van der Waals surface area contributed by atoms with Gasteiger partial charge in [-0.1, -0.05) is 27.2 Å². The lowest BCUT2D eigenvalue weighted by molar-refractivity contribution is -0.160. The van der Waals surface area contributed by atoms with Crippen molar-refractivity contribution in [2.75, 3.05) is 0 Å². The van der Waals surface area contributed by atoms with Crippen molar-refractivity contribution in [2.45, 2.75) is 85.0 Å². The Hall–Kier alpha value is -0.330. The zero-order chi connectivity index (χ0) is 14.9. The minimum absolute atomic E-state index is 0.0338. The second kappa shape index (κ2) is 4.15. The molecule has 0 radical (unpaired) electrons. The Morgan fingerprint density at radius 2 is 1.62 bits per heavy atom. The molecule has 6 atom stereocenters. The van der Waals surface area contributed by atoms with Gasteiger partial charge >= 0.3 is 0 Å². The molecule has 4 aliphatic carbocycles. The van der Waals surface area contributed by atoms with E-state index in [2.05, 4.69) is 20.8 Å². The highest BCUT2D eigenvalue weighted by Gasteiger charge is 2.64. The van der Waals surface area contributed by atoms with E-state index in [1.165, 1.54) is 64.1 Å². The standard InChI is InChI=1S/C20H32O/c1-17-9-5-16-19(3)8-4-7-18(2,14-21)15(19)6-10-20(16,13-17)12-11-17/h14-16H,4-13H2,1-3H3/t15?,16?,17-,18+,19-,20+/m1/s1. The first-order valence-electron chi connectivity index (χ1n) is 9.32. The number of carbonyl (C=O) groups is 1. The molecule has 4 saturated carbocycles.